The van der Waals surface area contributed by atoms with Crippen LogP contribution in [0.15, 0.2) is 47.1 Å². The van der Waals surface area contributed by atoms with Crippen molar-refractivity contribution in [1.29, 1.82) is 0 Å². The SMILES string of the molecule is Cc1ccc(C)c(-c2nonc2NC(=O)COc2ccc(F)cc2)c1. The third-order valence-corrected chi connectivity index (χ3v) is 3.58. The Morgan fingerprint density at radius 3 is 2.68 bits per heavy atom. The third-order valence-electron chi connectivity index (χ3n) is 3.58. The Morgan fingerprint density at radius 1 is 1.16 bits per heavy atom. The Balaban J connectivity index is 1.69. The Labute approximate surface area is 143 Å². The van der Waals surface area contributed by atoms with E-state index in [-0.39, 0.29) is 18.2 Å². The van der Waals surface area contributed by atoms with Gasteiger partial charge in [0.15, 0.2) is 12.3 Å². The number of rotatable bonds is 5. The fraction of sp³-hybridized carbons (Fsp3) is 0.167. The molecule has 0 bridgehead atoms. The van der Waals surface area contributed by atoms with E-state index >= 15 is 0 Å². The fourth-order valence-corrected chi connectivity index (χ4v) is 2.29. The predicted molar refractivity (Wildman–Crippen MR) is 89.7 cm³/mol. The minimum Gasteiger partial charge on any atom is -0.484 e. The van der Waals surface area contributed by atoms with Gasteiger partial charge in [0.25, 0.3) is 5.91 Å². The van der Waals surface area contributed by atoms with Gasteiger partial charge in [0, 0.05) is 5.56 Å². The first-order chi connectivity index (χ1) is 12.0. The number of carbonyl (C=O) groups is 1. The number of anilines is 1. The second-order valence-electron chi connectivity index (χ2n) is 5.57. The largest absolute Gasteiger partial charge is 0.484 e. The molecule has 6 nitrogen and oxygen atoms in total. The molecule has 0 saturated heterocycles. The zero-order valence-corrected chi connectivity index (χ0v) is 13.7. The zero-order chi connectivity index (χ0) is 17.8. The molecule has 1 N–H and O–H groups in total. The van der Waals surface area contributed by atoms with Crippen LogP contribution in [0.5, 0.6) is 5.75 Å². The number of carbonyl (C=O) groups excluding carboxylic acids is 1. The van der Waals surface area contributed by atoms with Gasteiger partial charge in [-0.3, -0.25) is 4.79 Å². The lowest BCUT2D eigenvalue weighted by Crippen LogP contribution is -2.20. The highest BCUT2D eigenvalue weighted by molar-refractivity contribution is 5.94. The van der Waals surface area contributed by atoms with Crippen molar-refractivity contribution in [3.8, 4) is 17.0 Å². The van der Waals surface area contributed by atoms with Gasteiger partial charge >= 0.3 is 0 Å². The average Bonchev–Trinajstić information content (AvgIpc) is 3.04. The molecule has 0 fully saturated rings. The molecule has 0 aliphatic heterocycles. The van der Waals surface area contributed by atoms with Crippen molar-refractivity contribution in [3.05, 3.63) is 59.4 Å². The summed E-state index contributed by atoms with van der Waals surface area (Å²) in [7, 11) is 0. The Hall–Kier alpha value is -3.22. The fourth-order valence-electron chi connectivity index (χ4n) is 2.29. The van der Waals surface area contributed by atoms with E-state index in [2.05, 4.69) is 15.6 Å². The molecular weight excluding hydrogens is 325 g/mol. The highest BCUT2D eigenvalue weighted by atomic mass is 19.1. The number of hydrogen-bond acceptors (Lipinski definition) is 5. The molecular formula is C18H16FN3O3. The van der Waals surface area contributed by atoms with Crippen LogP contribution in [-0.2, 0) is 4.79 Å². The van der Waals surface area contributed by atoms with Crippen LogP contribution in [0, 0.1) is 19.7 Å². The van der Waals surface area contributed by atoms with Crippen LogP contribution in [0.3, 0.4) is 0 Å². The van der Waals surface area contributed by atoms with E-state index in [0.29, 0.717) is 11.4 Å². The molecule has 1 aromatic heterocycles. The predicted octanol–water partition coefficient (Wildman–Crippen LogP) is 3.51. The smallest absolute Gasteiger partial charge is 0.263 e. The van der Waals surface area contributed by atoms with Gasteiger partial charge in [0.2, 0.25) is 5.82 Å². The average molecular weight is 341 g/mol. The molecule has 128 valence electrons. The lowest BCUT2D eigenvalue weighted by molar-refractivity contribution is -0.118. The Kier molecular flexibility index (Phi) is 4.74. The minimum absolute atomic E-state index is 0.224. The summed E-state index contributed by atoms with van der Waals surface area (Å²) < 4.78 is 22.9. The van der Waals surface area contributed by atoms with Crippen LogP contribution in [0.1, 0.15) is 11.1 Å². The van der Waals surface area contributed by atoms with Gasteiger partial charge in [-0.2, -0.15) is 0 Å². The summed E-state index contributed by atoms with van der Waals surface area (Å²) in [5, 5.41) is 10.2. The second kappa shape index (κ2) is 7.12. The molecule has 1 heterocycles. The van der Waals surface area contributed by atoms with Crippen LogP contribution in [0.4, 0.5) is 10.2 Å². The van der Waals surface area contributed by atoms with Gasteiger partial charge < -0.3 is 10.1 Å². The monoisotopic (exact) mass is 341 g/mol. The van der Waals surface area contributed by atoms with E-state index in [1.807, 2.05) is 32.0 Å². The maximum Gasteiger partial charge on any atom is 0.263 e. The number of ether oxygens (including phenoxy) is 1. The van der Waals surface area contributed by atoms with E-state index in [9.17, 15) is 9.18 Å². The van der Waals surface area contributed by atoms with Crippen molar-refractivity contribution in [2.45, 2.75) is 13.8 Å². The normalized spacial score (nSPS) is 10.5. The van der Waals surface area contributed by atoms with Gasteiger partial charge in [-0.15, -0.1) is 0 Å². The van der Waals surface area contributed by atoms with Crippen LogP contribution >= 0.6 is 0 Å². The van der Waals surface area contributed by atoms with E-state index in [0.717, 1.165) is 16.7 Å². The summed E-state index contributed by atoms with van der Waals surface area (Å²) in [5.74, 6) is -0.179. The molecule has 0 saturated carbocycles. The van der Waals surface area contributed by atoms with Crippen LogP contribution in [-0.4, -0.2) is 22.8 Å². The number of hydrogen-bond donors (Lipinski definition) is 1. The van der Waals surface area contributed by atoms with Gasteiger partial charge in [0.05, 0.1) is 0 Å². The number of amides is 1. The molecule has 0 aliphatic rings. The molecule has 7 heteroatoms. The van der Waals surface area contributed by atoms with Gasteiger partial charge in [0.1, 0.15) is 11.6 Å². The quantitative estimate of drug-likeness (QED) is 0.768. The van der Waals surface area contributed by atoms with E-state index in [4.69, 9.17) is 9.37 Å². The van der Waals surface area contributed by atoms with Crippen molar-refractivity contribution in [3.63, 3.8) is 0 Å². The van der Waals surface area contributed by atoms with E-state index in [1.54, 1.807) is 0 Å². The minimum atomic E-state index is -0.424. The molecule has 0 atom stereocenters. The topological polar surface area (TPSA) is 77.3 Å². The number of nitrogens with one attached hydrogen (secondary N) is 1. The number of halogens is 1. The first-order valence-corrected chi connectivity index (χ1v) is 7.61. The molecule has 1 amide bonds. The maximum atomic E-state index is 12.8. The number of benzene rings is 2. The molecule has 3 aromatic rings. The number of aromatic nitrogens is 2. The summed E-state index contributed by atoms with van der Waals surface area (Å²) in [5.41, 5.74) is 3.33. The van der Waals surface area contributed by atoms with Crippen molar-refractivity contribution in [1.82, 2.24) is 10.3 Å². The lowest BCUT2D eigenvalue weighted by atomic mass is 10.0. The zero-order valence-electron chi connectivity index (χ0n) is 13.7. The highest BCUT2D eigenvalue weighted by Gasteiger charge is 2.17. The third kappa shape index (κ3) is 4.00. The van der Waals surface area contributed by atoms with Crippen molar-refractivity contribution in [2.24, 2.45) is 0 Å². The second-order valence-corrected chi connectivity index (χ2v) is 5.57. The summed E-state index contributed by atoms with van der Waals surface area (Å²) in [6.07, 6.45) is 0. The molecule has 25 heavy (non-hydrogen) atoms. The van der Waals surface area contributed by atoms with Crippen LogP contribution in [0.25, 0.3) is 11.3 Å². The van der Waals surface area contributed by atoms with Crippen LogP contribution in [0.2, 0.25) is 0 Å². The number of nitrogens with zero attached hydrogens (tertiary/aromatic N) is 2. The van der Waals surface area contributed by atoms with Crippen molar-refractivity contribution >= 4 is 11.7 Å². The lowest BCUT2D eigenvalue weighted by Gasteiger charge is -2.07. The van der Waals surface area contributed by atoms with Crippen molar-refractivity contribution < 1.29 is 18.6 Å². The highest BCUT2D eigenvalue weighted by Crippen LogP contribution is 2.28. The first-order valence-electron chi connectivity index (χ1n) is 7.61. The number of aryl methyl sites for hydroxylation is 2. The maximum absolute atomic E-state index is 12.8. The first kappa shape index (κ1) is 16.6. The summed E-state index contributed by atoms with van der Waals surface area (Å²) >= 11 is 0. The molecule has 0 unspecified atom stereocenters. The van der Waals surface area contributed by atoms with Crippen LogP contribution < -0.4 is 10.1 Å². The Bertz CT molecular complexity index is 891. The summed E-state index contributed by atoms with van der Waals surface area (Å²) in [4.78, 5) is 12.1. The molecule has 3 rings (SSSR count). The Morgan fingerprint density at radius 2 is 1.92 bits per heavy atom. The van der Waals surface area contributed by atoms with Gasteiger partial charge in [-0.25, -0.2) is 9.02 Å². The summed E-state index contributed by atoms with van der Waals surface area (Å²) in [6, 6.07) is 11.3. The van der Waals surface area contributed by atoms with E-state index in [1.165, 1.54) is 24.3 Å². The molecule has 0 radical (unpaired) electrons. The standard InChI is InChI=1S/C18H16FN3O3/c1-11-3-4-12(2)15(9-11)17-18(22-25-21-17)20-16(23)10-24-14-7-5-13(19)6-8-14/h3-9H,10H2,1-2H3,(H,20,22,23). The van der Waals surface area contributed by atoms with Gasteiger partial charge in [-0.05, 0) is 60.1 Å². The molecule has 2 aromatic carbocycles. The van der Waals surface area contributed by atoms with E-state index < -0.39 is 5.91 Å². The molecule has 0 aliphatic carbocycles. The van der Waals surface area contributed by atoms with Crippen molar-refractivity contribution in [2.75, 3.05) is 11.9 Å². The van der Waals surface area contributed by atoms with Gasteiger partial charge in [-0.1, -0.05) is 17.7 Å². The molecule has 0 spiro atoms. The summed E-state index contributed by atoms with van der Waals surface area (Å²) in [6.45, 7) is 3.66.